The van der Waals surface area contributed by atoms with Gasteiger partial charge < -0.3 is 19.6 Å². The van der Waals surface area contributed by atoms with Crippen LogP contribution in [0.2, 0.25) is 5.02 Å². The first-order valence-corrected chi connectivity index (χ1v) is 10.1. The molecule has 29 heavy (non-hydrogen) atoms. The van der Waals surface area contributed by atoms with Gasteiger partial charge in [-0.3, -0.25) is 10.1 Å². The van der Waals surface area contributed by atoms with Crippen molar-refractivity contribution in [3.05, 3.63) is 34.6 Å². The average molecular weight is 423 g/mol. The molecule has 156 valence electrons. The average Bonchev–Trinajstić information content (AvgIpc) is 3.09. The number of nitrogens with one attached hydrogen (secondary N) is 1. The summed E-state index contributed by atoms with van der Waals surface area (Å²) in [5.74, 6) is -0.264. The van der Waals surface area contributed by atoms with E-state index >= 15 is 0 Å². The topological polar surface area (TPSA) is 71.5 Å². The number of guanidine groups is 1. The molecule has 1 aromatic carbocycles. The minimum absolute atomic E-state index is 0.0922. The van der Waals surface area contributed by atoms with E-state index in [0.29, 0.717) is 16.5 Å². The molecule has 2 saturated heterocycles. The normalized spacial score (nSPS) is 25.2. The molecule has 10 heteroatoms. The quantitative estimate of drug-likeness (QED) is 0.791. The number of likely N-dealkylation sites (N-methyl/N-ethyl adjacent to an activating group) is 2. The summed E-state index contributed by atoms with van der Waals surface area (Å²) in [6.07, 6.45) is -0.652. The van der Waals surface area contributed by atoms with Gasteiger partial charge in [-0.05, 0) is 18.7 Å². The highest BCUT2D eigenvalue weighted by molar-refractivity contribution is 6.31. The maximum atomic E-state index is 14.5. The van der Waals surface area contributed by atoms with Crippen molar-refractivity contribution >= 4 is 29.5 Å². The number of nitrogens with zero attached hydrogens (tertiary/aromatic N) is 5. The summed E-state index contributed by atoms with van der Waals surface area (Å²) in [5.41, 5.74) is 0.307. The van der Waals surface area contributed by atoms with Crippen LogP contribution in [0.5, 0.6) is 0 Å². The second kappa shape index (κ2) is 7.79. The van der Waals surface area contributed by atoms with Crippen molar-refractivity contribution in [3.63, 3.8) is 0 Å². The molecule has 3 aliphatic heterocycles. The zero-order valence-corrected chi connectivity index (χ0v) is 17.2. The van der Waals surface area contributed by atoms with Gasteiger partial charge in [-0.1, -0.05) is 24.6 Å². The van der Waals surface area contributed by atoms with Gasteiger partial charge in [0.2, 0.25) is 0 Å². The Morgan fingerprint density at radius 2 is 1.97 bits per heavy atom. The smallest absolute Gasteiger partial charge is 0.325 e. The molecular weight excluding hydrogens is 399 g/mol. The Hall–Kier alpha value is -2.39. The van der Waals surface area contributed by atoms with Crippen LogP contribution in [0.15, 0.2) is 23.2 Å². The fourth-order valence-corrected chi connectivity index (χ4v) is 4.28. The molecule has 8 nitrogen and oxygen atoms in total. The number of fused-ring (bicyclic) bond motifs is 1. The highest BCUT2D eigenvalue weighted by Gasteiger charge is 2.50. The molecule has 3 amide bonds. The first-order valence-electron chi connectivity index (χ1n) is 9.73. The van der Waals surface area contributed by atoms with Gasteiger partial charge in [-0.25, -0.2) is 14.2 Å². The number of imide groups is 1. The number of urea groups is 1. The van der Waals surface area contributed by atoms with E-state index in [-0.39, 0.29) is 6.54 Å². The largest absolute Gasteiger partial charge is 0.340 e. The van der Waals surface area contributed by atoms with Gasteiger partial charge in [0, 0.05) is 43.8 Å². The molecule has 1 aromatic rings. The molecule has 3 heterocycles. The van der Waals surface area contributed by atoms with Crippen LogP contribution in [-0.4, -0.2) is 89.5 Å². The third-order valence-corrected chi connectivity index (χ3v) is 6.19. The molecule has 2 unspecified atom stereocenters. The van der Waals surface area contributed by atoms with Crippen LogP contribution in [0, 0.1) is 5.82 Å². The SMILES string of the molecule is CCN1CCN(C2=NC3C(C(=O)NC(=O)N3C)N2Cc2c(F)cccc2Cl)CC1. The number of aliphatic imine (C=N–C) groups is 1. The fourth-order valence-electron chi connectivity index (χ4n) is 4.06. The summed E-state index contributed by atoms with van der Waals surface area (Å²) in [7, 11) is 1.61. The van der Waals surface area contributed by atoms with Crippen LogP contribution in [0.1, 0.15) is 12.5 Å². The van der Waals surface area contributed by atoms with E-state index in [9.17, 15) is 14.0 Å². The number of halogens is 2. The number of hydrogen-bond acceptors (Lipinski definition) is 6. The summed E-state index contributed by atoms with van der Waals surface area (Å²) >= 11 is 6.25. The summed E-state index contributed by atoms with van der Waals surface area (Å²) in [5, 5.41) is 2.66. The van der Waals surface area contributed by atoms with E-state index in [1.807, 2.05) is 0 Å². The van der Waals surface area contributed by atoms with Gasteiger partial charge in [0.15, 0.2) is 18.2 Å². The maximum absolute atomic E-state index is 14.5. The van der Waals surface area contributed by atoms with Gasteiger partial charge in [0.1, 0.15) is 5.82 Å². The van der Waals surface area contributed by atoms with Crippen molar-refractivity contribution in [1.29, 1.82) is 0 Å². The molecule has 0 bridgehead atoms. The lowest BCUT2D eigenvalue weighted by Crippen LogP contribution is -2.64. The van der Waals surface area contributed by atoms with Crippen molar-refractivity contribution < 1.29 is 14.0 Å². The predicted octanol–water partition coefficient (Wildman–Crippen LogP) is 1.16. The number of carbonyl (C=O) groups is 2. The Morgan fingerprint density at radius 1 is 1.24 bits per heavy atom. The third-order valence-electron chi connectivity index (χ3n) is 5.83. The van der Waals surface area contributed by atoms with E-state index in [1.165, 1.54) is 11.0 Å². The lowest BCUT2D eigenvalue weighted by Gasteiger charge is -2.40. The zero-order chi connectivity index (χ0) is 20.7. The Balaban J connectivity index is 1.68. The molecule has 1 N–H and O–H groups in total. The Kier molecular flexibility index (Phi) is 5.35. The number of carbonyl (C=O) groups excluding carboxylic acids is 2. The number of hydrogen-bond donors (Lipinski definition) is 1. The van der Waals surface area contributed by atoms with E-state index in [1.54, 1.807) is 24.1 Å². The monoisotopic (exact) mass is 422 g/mol. The van der Waals surface area contributed by atoms with E-state index < -0.39 is 30.0 Å². The lowest BCUT2D eigenvalue weighted by atomic mass is 10.1. The lowest BCUT2D eigenvalue weighted by molar-refractivity contribution is -0.127. The van der Waals surface area contributed by atoms with E-state index in [2.05, 4.69) is 22.0 Å². The summed E-state index contributed by atoms with van der Waals surface area (Å²) in [6.45, 7) is 6.42. The van der Waals surface area contributed by atoms with Crippen LogP contribution < -0.4 is 5.32 Å². The van der Waals surface area contributed by atoms with Crippen molar-refractivity contribution in [1.82, 2.24) is 24.9 Å². The molecule has 0 aromatic heterocycles. The molecule has 0 saturated carbocycles. The molecule has 2 fully saturated rings. The molecule has 0 radical (unpaired) electrons. The van der Waals surface area contributed by atoms with Crippen LogP contribution in [0.4, 0.5) is 9.18 Å². The first kappa shape index (κ1) is 19.9. The minimum Gasteiger partial charge on any atom is -0.340 e. The van der Waals surface area contributed by atoms with Gasteiger partial charge in [0.05, 0.1) is 6.54 Å². The van der Waals surface area contributed by atoms with Crippen molar-refractivity contribution in [2.24, 2.45) is 4.99 Å². The van der Waals surface area contributed by atoms with Gasteiger partial charge >= 0.3 is 6.03 Å². The van der Waals surface area contributed by atoms with Crippen LogP contribution in [0.25, 0.3) is 0 Å². The third kappa shape index (κ3) is 3.53. The van der Waals surface area contributed by atoms with E-state index in [4.69, 9.17) is 16.6 Å². The van der Waals surface area contributed by atoms with Gasteiger partial charge in [-0.15, -0.1) is 0 Å². The predicted molar refractivity (Wildman–Crippen MR) is 107 cm³/mol. The highest BCUT2D eigenvalue weighted by Crippen LogP contribution is 2.30. The van der Waals surface area contributed by atoms with Crippen molar-refractivity contribution in [2.45, 2.75) is 25.7 Å². The molecule has 2 atom stereocenters. The molecule has 3 aliphatic rings. The van der Waals surface area contributed by atoms with Crippen molar-refractivity contribution in [2.75, 3.05) is 39.8 Å². The molecule has 4 rings (SSSR count). The molecular formula is C19H24ClFN6O2. The first-order chi connectivity index (χ1) is 13.9. The highest BCUT2D eigenvalue weighted by atomic mass is 35.5. The maximum Gasteiger partial charge on any atom is 0.325 e. The Labute approximate surface area is 173 Å². The number of benzene rings is 1. The molecule has 0 aliphatic carbocycles. The Morgan fingerprint density at radius 3 is 2.62 bits per heavy atom. The summed E-state index contributed by atoms with van der Waals surface area (Å²) in [6, 6.07) is 3.31. The van der Waals surface area contributed by atoms with Gasteiger partial charge in [-0.2, -0.15) is 0 Å². The van der Waals surface area contributed by atoms with Crippen LogP contribution in [-0.2, 0) is 11.3 Å². The van der Waals surface area contributed by atoms with E-state index in [0.717, 1.165) is 32.7 Å². The second-order valence-corrected chi connectivity index (χ2v) is 7.85. The zero-order valence-electron chi connectivity index (χ0n) is 16.4. The summed E-state index contributed by atoms with van der Waals surface area (Å²) in [4.78, 5) is 37.1. The number of piperazine rings is 1. The van der Waals surface area contributed by atoms with Crippen LogP contribution in [0.3, 0.4) is 0 Å². The summed E-state index contributed by atoms with van der Waals surface area (Å²) < 4.78 is 14.5. The number of amides is 3. The Bertz CT molecular complexity index is 837. The van der Waals surface area contributed by atoms with Crippen molar-refractivity contribution in [3.8, 4) is 0 Å². The number of rotatable bonds is 3. The second-order valence-electron chi connectivity index (χ2n) is 7.44. The fraction of sp³-hybridized carbons (Fsp3) is 0.526. The van der Waals surface area contributed by atoms with Crippen LogP contribution >= 0.6 is 11.6 Å². The minimum atomic E-state index is -0.729. The molecule has 0 spiro atoms. The standard InChI is InChI=1S/C19H24ClFN6O2/c1-3-25-7-9-26(10-8-25)18-22-16-15(17(28)23-19(29)24(16)2)27(18)11-12-13(20)5-4-6-14(12)21/h4-6,15-16H,3,7-11H2,1-2H3,(H,23,28,29). The van der Waals surface area contributed by atoms with Gasteiger partial charge in [0.25, 0.3) is 5.91 Å².